The van der Waals surface area contributed by atoms with Gasteiger partial charge >= 0.3 is 0 Å². The van der Waals surface area contributed by atoms with Crippen LogP contribution >= 0.6 is 0 Å². The van der Waals surface area contributed by atoms with Crippen LogP contribution in [0.1, 0.15) is 107 Å². The Bertz CT molecular complexity index is 821. The molecule has 0 spiro atoms. The van der Waals surface area contributed by atoms with E-state index >= 15 is 0 Å². The van der Waals surface area contributed by atoms with Crippen molar-refractivity contribution in [2.24, 2.45) is 17.8 Å². The zero-order valence-electron chi connectivity index (χ0n) is 20.2. The third kappa shape index (κ3) is 5.88. The van der Waals surface area contributed by atoms with Crippen LogP contribution in [0.3, 0.4) is 0 Å². The Hall–Kier alpha value is -1.96. The fourth-order valence-corrected chi connectivity index (χ4v) is 6.54. The summed E-state index contributed by atoms with van der Waals surface area (Å²) in [5.41, 5.74) is 17.9. The van der Waals surface area contributed by atoms with E-state index in [9.17, 15) is 0 Å². The predicted molar refractivity (Wildman–Crippen MR) is 139 cm³/mol. The first kappa shape index (κ1) is 23.2. The van der Waals surface area contributed by atoms with Gasteiger partial charge in [0.15, 0.2) is 0 Å². The first-order valence-electron chi connectivity index (χ1n) is 13.4. The van der Waals surface area contributed by atoms with Gasteiger partial charge in [-0.25, -0.2) is 0 Å². The van der Waals surface area contributed by atoms with Gasteiger partial charge in [-0.2, -0.15) is 0 Å². The molecular weight excluding hydrogens is 388 g/mol. The van der Waals surface area contributed by atoms with E-state index < -0.39 is 0 Å². The van der Waals surface area contributed by atoms with Crippen molar-refractivity contribution in [3.05, 3.63) is 59.2 Å². The highest BCUT2D eigenvalue weighted by Crippen LogP contribution is 2.44. The molecule has 2 aliphatic rings. The quantitative estimate of drug-likeness (QED) is 0.327. The lowest BCUT2D eigenvalue weighted by Crippen LogP contribution is -2.25. The van der Waals surface area contributed by atoms with Gasteiger partial charge in [-0.05, 0) is 85.5 Å². The average molecular weight is 433 g/mol. The standard InChI is InChI=1S/C30H44N2/c1-2-3-4-7-22-12-14-24(15-13-22)25-16-18-26(19-17-25)27-9-5-8-23(20-27)21-28-29(31)10-6-11-30(28)32/h5-6,8-11,20,22,24-26H,2-4,7,12-19,21,31-32H2,1H3. The summed E-state index contributed by atoms with van der Waals surface area (Å²) in [4.78, 5) is 0. The fourth-order valence-electron chi connectivity index (χ4n) is 6.54. The van der Waals surface area contributed by atoms with Crippen LogP contribution in [-0.4, -0.2) is 0 Å². The summed E-state index contributed by atoms with van der Waals surface area (Å²) in [5, 5.41) is 0. The molecule has 0 unspecified atom stereocenters. The van der Waals surface area contributed by atoms with Crippen molar-refractivity contribution in [2.45, 2.75) is 96.3 Å². The minimum atomic E-state index is 0.724. The summed E-state index contributed by atoms with van der Waals surface area (Å²) in [6, 6.07) is 15.0. The number of hydrogen-bond donors (Lipinski definition) is 2. The van der Waals surface area contributed by atoms with Gasteiger partial charge in [0.1, 0.15) is 0 Å². The molecule has 0 bridgehead atoms. The molecule has 0 saturated heterocycles. The van der Waals surface area contributed by atoms with Crippen molar-refractivity contribution in [2.75, 3.05) is 11.5 Å². The van der Waals surface area contributed by atoms with Crippen molar-refractivity contribution in [3.8, 4) is 0 Å². The van der Waals surface area contributed by atoms with Gasteiger partial charge in [0, 0.05) is 23.4 Å². The summed E-state index contributed by atoms with van der Waals surface area (Å²) >= 11 is 0. The van der Waals surface area contributed by atoms with E-state index in [2.05, 4.69) is 31.2 Å². The summed E-state index contributed by atoms with van der Waals surface area (Å²) in [6.07, 6.45) is 18.1. The maximum atomic E-state index is 6.19. The minimum Gasteiger partial charge on any atom is -0.398 e. The highest BCUT2D eigenvalue weighted by atomic mass is 14.6. The molecule has 0 amide bonds. The molecule has 2 saturated carbocycles. The van der Waals surface area contributed by atoms with Crippen molar-refractivity contribution in [1.82, 2.24) is 0 Å². The second-order valence-corrected chi connectivity index (χ2v) is 10.7. The number of unbranched alkanes of at least 4 members (excludes halogenated alkanes) is 2. The number of anilines is 2. The van der Waals surface area contributed by atoms with Gasteiger partial charge in [-0.15, -0.1) is 0 Å². The third-order valence-electron chi connectivity index (χ3n) is 8.60. The summed E-state index contributed by atoms with van der Waals surface area (Å²) in [5.74, 6) is 3.75. The van der Waals surface area contributed by atoms with Gasteiger partial charge in [-0.1, -0.05) is 75.8 Å². The van der Waals surface area contributed by atoms with Crippen LogP contribution in [0, 0.1) is 17.8 Å². The first-order valence-corrected chi connectivity index (χ1v) is 13.4. The molecule has 2 aromatic carbocycles. The molecule has 2 heteroatoms. The van der Waals surface area contributed by atoms with Crippen LogP contribution in [-0.2, 0) is 6.42 Å². The third-order valence-corrected chi connectivity index (χ3v) is 8.60. The SMILES string of the molecule is CCCCCC1CCC(C2CCC(c3cccc(Cc4c(N)cccc4N)c3)CC2)CC1. The average Bonchev–Trinajstić information content (AvgIpc) is 2.83. The van der Waals surface area contributed by atoms with E-state index in [1.165, 1.54) is 88.2 Å². The Morgan fingerprint density at radius 1 is 0.750 bits per heavy atom. The van der Waals surface area contributed by atoms with Crippen molar-refractivity contribution in [3.63, 3.8) is 0 Å². The maximum Gasteiger partial charge on any atom is 0.0370 e. The van der Waals surface area contributed by atoms with E-state index in [1.54, 1.807) is 0 Å². The number of hydrogen-bond acceptors (Lipinski definition) is 2. The Balaban J connectivity index is 1.28. The van der Waals surface area contributed by atoms with Gasteiger partial charge in [0.25, 0.3) is 0 Å². The smallest absolute Gasteiger partial charge is 0.0370 e. The highest BCUT2D eigenvalue weighted by Gasteiger charge is 2.31. The Labute approximate surface area is 196 Å². The van der Waals surface area contributed by atoms with Crippen molar-refractivity contribution in [1.29, 1.82) is 0 Å². The van der Waals surface area contributed by atoms with Gasteiger partial charge in [-0.3, -0.25) is 0 Å². The zero-order valence-corrected chi connectivity index (χ0v) is 20.2. The molecule has 0 aliphatic heterocycles. The topological polar surface area (TPSA) is 52.0 Å². The van der Waals surface area contributed by atoms with E-state index in [-0.39, 0.29) is 0 Å². The van der Waals surface area contributed by atoms with E-state index in [0.29, 0.717) is 0 Å². The van der Waals surface area contributed by atoms with Crippen LogP contribution in [0.5, 0.6) is 0 Å². The van der Waals surface area contributed by atoms with Crippen LogP contribution in [0.25, 0.3) is 0 Å². The van der Waals surface area contributed by atoms with Crippen LogP contribution in [0.15, 0.2) is 42.5 Å². The summed E-state index contributed by atoms with van der Waals surface area (Å²) < 4.78 is 0. The Morgan fingerprint density at radius 3 is 2.03 bits per heavy atom. The van der Waals surface area contributed by atoms with E-state index in [0.717, 1.165) is 47.0 Å². The predicted octanol–water partition coefficient (Wildman–Crippen LogP) is 8.10. The zero-order chi connectivity index (χ0) is 22.3. The number of benzene rings is 2. The Morgan fingerprint density at radius 2 is 1.38 bits per heavy atom. The largest absolute Gasteiger partial charge is 0.398 e. The normalized spacial score (nSPS) is 26.2. The molecule has 0 heterocycles. The lowest BCUT2D eigenvalue weighted by atomic mass is 9.68. The molecule has 4 rings (SSSR count). The Kier molecular flexibility index (Phi) is 8.16. The van der Waals surface area contributed by atoms with Crippen molar-refractivity contribution >= 4 is 11.4 Å². The van der Waals surface area contributed by atoms with Crippen LogP contribution < -0.4 is 11.5 Å². The van der Waals surface area contributed by atoms with Gasteiger partial charge < -0.3 is 11.5 Å². The molecule has 4 N–H and O–H groups in total. The maximum absolute atomic E-state index is 6.19. The van der Waals surface area contributed by atoms with Crippen molar-refractivity contribution < 1.29 is 0 Å². The van der Waals surface area contributed by atoms with E-state index in [4.69, 9.17) is 11.5 Å². The molecule has 0 radical (unpaired) electrons. The monoisotopic (exact) mass is 432 g/mol. The van der Waals surface area contributed by atoms with Gasteiger partial charge in [0.05, 0.1) is 0 Å². The molecule has 2 fully saturated rings. The highest BCUT2D eigenvalue weighted by molar-refractivity contribution is 5.62. The summed E-state index contributed by atoms with van der Waals surface area (Å²) in [6.45, 7) is 2.32. The number of nitrogens with two attached hydrogens (primary N) is 2. The molecule has 0 aromatic heterocycles. The van der Waals surface area contributed by atoms with Crippen LogP contribution in [0.2, 0.25) is 0 Å². The lowest BCUT2D eigenvalue weighted by Gasteiger charge is -2.38. The van der Waals surface area contributed by atoms with Crippen LogP contribution in [0.4, 0.5) is 11.4 Å². The fraction of sp³-hybridized carbons (Fsp3) is 0.600. The van der Waals surface area contributed by atoms with Gasteiger partial charge in [0.2, 0.25) is 0 Å². The minimum absolute atomic E-state index is 0.724. The molecule has 2 nitrogen and oxygen atoms in total. The second kappa shape index (κ2) is 11.3. The molecule has 2 aliphatic carbocycles. The molecule has 32 heavy (non-hydrogen) atoms. The second-order valence-electron chi connectivity index (χ2n) is 10.7. The number of nitrogen functional groups attached to an aromatic ring is 2. The molecular formula is C30H44N2. The molecule has 2 aromatic rings. The first-order chi connectivity index (χ1) is 15.6. The lowest BCUT2D eigenvalue weighted by molar-refractivity contribution is 0.155. The number of rotatable bonds is 8. The molecule has 0 atom stereocenters. The van der Waals surface area contributed by atoms with E-state index in [1.807, 2.05) is 18.2 Å². The summed E-state index contributed by atoms with van der Waals surface area (Å²) in [7, 11) is 0. The molecule has 174 valence electrons.